The predicted octanol–water partition coefficient (Wildman–Crippen LogP) is 1.76. The molecule has 0 radical (unpaired) electrons. The second kappa shape index (κ2) is 10.6. The van der Waals surface area contributed by atoms with Gasteiger partial charge in [0, 0.05) is 31.8 Å². The zero-order chi connectivity index (χ0) is 23.1. The SMILES string of the molecule is CCOC(=O)c1nc(-c2cccc(C#C[C@@H]3CCN(C)C3=O)c2)nc(OCCOC)c1N. The van der Waals surface area contributed by atoms with Crippen LogP contribution in [-0.4, -0.2) is 67.3 Å². The maximum absolute atomic E-state index is 12.4. The van der Waals surface area contributed by atoms with Gasteiger partial charge in [0.2, 0.25) is 11.8 Å². The molecule has 0 bridgehead atoms. The van der Waals surface area contributed by atoms with E-state index in [4.69, 9.17) is 19.9 Å². The van der Waals surface area contributed by atoms with Crippen molar-refractivity contribution in [3.05, 3.63) is 35.5 Å². The number of carbonyl (C=O) groups excluding carboxylic acids is 2. The van der Waals surface area contributed by atoms with Crippen LogP contribution in [0.2, 0.25) is 0 Å². The van der Waals surface area contributed by atoms with Crippen LogP contribution in [0.3, 0.4) is 0 Å². The van der Waals surface area contributed by atoms with Crippen LogP contribution < -0.4 is 10.5 Å². The van der Waals surface area contributed by atoms with Gasteiger partial charge in [-0.3, -0.25) is 4.79 Å². The van der Waals surface area contributed by atoms with Crippen LogP contribution in [0.1, 0.15) is 29.4 Å². The fourth-order valence-corrected chi connectivity index (χ4v) is 3.13. The third-order valence-corrected chi connectivity index (χ3v) is 4.84. The summed E-state index contributed by atoms with van der Waals surface area (Å²) in [5, 5.41) is 0. The van der Waals surface area contributed by atoms with Crippen LogP contribution in [0, 0.1) is 17.8 Å². The molecule has 1 atom stereocenters. The molecule has 2 aromatic rings. The molecule has 1 aromatic heterocycles. The largest absolute Gasteiger partial charge is 0.474 e. The van der Waals surface area contributed by atoms with Gasteiger partial charge in [0.15, 0.2) is 11.5 Å². The molecule has 9 nitrogen and oxygen atoms in total. The Morgan fingerprint density at radius 3 is 2.81 bits per heavy atom. The number of benzene rings is 1. The maximum Gasteiger partial charge on any atom is 0.359 e. The van der Waals surface area contributed by atoms with Gasteiger partial charge < -0.3 is 24.8 Å². The summed E-state index contributed by atoms with van der Waals surface area (Å²) in [6, 6.07) is 7.21. The fourth-order valence-electron chi connectivity index (χ4n) is 3.13. The van der Waals surface area contributed by atoms with Crippen molar-refractivity contribution in [1.82, 2.24) is 14.9 Å². The monoisotopic (exact) mass is 438 g/mol. The lowest BCUT2D eigenvalue weighted by Gasteiger charge is -2.12. The molecule has 9 heteroatoms. The minimum atomic E-state index is -0.662. The number of methoxy groups -OCH3 is 1. The van der Waals surface area contributed by atoms with E-state index in [1.807, 2.05) is 6.07 Å². The van der Waals surface area contributed by atoms with Crippen molar-refractivity contribution >= 4 is 17.6 Å². The zero-order valence-corrected chi connectivity index (χ0v) is 18.4. The van der Waals surface area contributed by atoms with Crippen molar-refractivity contribution in [2.75, 3.05) is 46.3 Å². The summed E-state index contributed by atoms with van der Waals surface area (Å²) in [6.45, 7) is 3.11. The number of rotatable bonds is 7. The molecular weight excluding hydrogens is 412 g/mol. The number of ether oxygens (including phenoxy) is 3. The lowest BCUT2D eigenvalue weighted by molar-refractivity contribution is -0.128. The highest BCUT2D eigenvalue weighted by Crippen LogP contribution is 2.27. The molecule has 0 saturated carbocycles. The summed E-state index contributed by atoms with van der Waals surface area (Å²) in [5.74, 6) is 5.49. The van der Waals surface area contributed by atoms with Crippen LogP contribution in [0.15, 0.2) is 24.3 Å². The Balaban J connectivity index is 1.95. The smallest absolute Gasteiger partial charge is 0.359 e. The highest BCUT2D eigenvalue weighted by atomic mass is 16.5. The van der Waals surface area contributed by atoms with Crippen molar-refractivity contribution in [3.8, 4) is 29.1 Å². The fraction of sp³-hybridized carbons (Fsp3) is 0.391. The summed E-state index contributed by atoms with van der Waals surface area (Å²) in [7, 11) is 3.32. The molecule has 1 aromatic carbocycles. The minimum absolute atomic E-state index is 0.00288. The Hall–Kier alpha value is -3.64. The lowest BCUT2D eigenvalue weighted by Crippen LogP contribution is -2.21. The summed E-state index contributed by atoms with van der Waals surface area (Å²) in [5.41, 5.74) is 7.32. The average molecular weight is 438 g/mol. The van der Waals surface area contributed by atoms with Crippen molar-refractivity contribution in [1.29, 1.82) is 0 Å². The van der Waals surface area contributed by atoms with Gasteiger partial charge in [0.1, 0.15) is 18.2 Å². The van der Waals surface area contributed by atoms with Crippen LogP contribution in [0.4, 0.5) is 5.69 Å². The third-order valence-electron chi connectivity index (χ3n) is 4.84. The molecule has 32 heavy (non-hydrogen) atoms. The summed E-state index contributed by atoms with van der Waals surface area (Å²) >= 11 is 0. The van der Waals surface area contributed by atoms with E-state index in [9.17, 15) is 9.59 Å². The molecule has 1 fully saturated rings. The Kier molecular flexibility index (Phi) is 7.63. The van der Waals surface area contributed by atoms with Gasteiger partial charge in [0.05, 0.1) is 13.2 Å². The molecular formula is C23H26N4O5. The van der Waals surface area contributed by atoms with E-state index in [-0.39, 0.29) is 48.1 Å². The number of nitrogens with zero attached hydrogens (tertiary/aromatic N) is 3. The molecule has 1 amide bonds. The second-order valence-electron chi connectivity index (χ2n) is 7.13. The molecule has 2 N–H and O–H groups in total. The second-order valence-corrected chi connectivity index (χ2v) is 7.13. The number of nitrogen functional groups attached to an aromatic ring is 1. The topological polar surface area (TPSA) is 117 Å². The van der Waals surface area contributed by atoms with Gasteiger partial charge in [0.25, 0.3) is 0 Å². The van der Waals surface area contributed by atoms with Gasteiger partial charge in [-0.05, 0) is 25.5 Å². The Bertz CT molecular complexity index is 1060. The standard InChI is InChI=1S/C23H26N4O5/c1-4-31-23(29)19-18(24)21(32-13-12-30-3)26-20(25-19)17-7-5-6-15(14-17)8-9-16-10-11-27(2)22(16)28/h5-7,14,16H,4,10-13,24H2,1-3H3/t16-/m1/s1. The molecule has 1 aliphatic heterocycles. The Morgan fingerprint density at radius 1 is 1.31 bits per heavy atom. The van der Waals surface area contributed by atoms with Gasteiger partial charge in [-0.1, -0.05) is 24.0 Å². The molecule has 2 heterocycles. The quantitative estimate of drug-likeness (QED) is 0.395. The van der Waals surface area contributed by atoms with Gasteiger partial charge in [-0.15, -0.1) is 0 Å². The molecule has 168 valence electrons. The van der Waals surface area contributed by atoms with Gasteiger partial charge in [-0.25, -0.2) is 9.78 Å². The number of amides is 1. The van der Waals surface area contributed by atoms with E-state index in [2.05, 4.69) is 21.8 Å². The molecule has 1 aliphatic rings. The molecule has 0 aliphatic carbocycles. The van der Waals surface area contributed by atoms with E-state index in [1.165, 1.54) is 0 Å². The molecule has 0 spiro atoms. The van der Waals surface area contributed by atoms with Crippen molar-refractivity contribution in [3.63, 3.8) is 0 Å². The average Bonchev–Trinajstić information content (AvgIpc) is 3.11. The summed E-state index contributed by atoms with van der Waals surface area (Å²) in [4.78, 5) is 34.8. The first kappa shape index (κ1) is 23.0. The van der Waals surface area contributed by atoms with E-state index in [0.29, 0.717) is 30.7 Å². The van der Waals surface area contributed by atoms with Gasteiger partial charge in [-0.2, -0.15) is 4.98 Å². The van der Waals surface area contributed by atoms with E-state index >= 15 is 0 Å². The van der Waals surface area contributed by atoms with Gasteiger partial charge >= 0.3 is 5.97 Å². The Labute approximate surface area is 186 Å². The zero-order valence-electron chi connectivity index (χ0n) is 18.4. The highest BCUT2D eigenvalue weighted by Gasteiger charge is 2.27. The number of aromatic nitrogens is 2. The third kappa shape index (κ3) is 5.34. The van der Waals surface area contributed by atoms with Crippen LogP contribution in [-0.2, 0) is 14.3 Å². The predicted molar refractivity (Wildman–Crippen MR) is 118 cm³/mol. The Morgan fingerprint density at radius 2 is 2.12 bits per heavy atom. The first-order valence-electron chi connectivity index (χ1n) is 10.3. The number of likely N-dealkylation sites (tertiary alicyclic amines) is 1. The number of esters is 1. The van der Waals surface area contributed by atoms with Crippen molar-refractivity contribution < 1.29 is 23.8 Å². The first-order chi connectivity index (χ1) is 15.4. The van der Waals surface area contributed by atoms with Crippen LogP contribution in [0.5, 0.6) is 5.88 Å². The number of nitrogens with two attached hydrogens (primary N) is 1. The van der Waals surface area contributed by atoms with Crippen molar-refractivity contribution in [2.45, 2.75) is 13.3 Å². The van der Waals surface area contributed by atoms with Crippen molar-refractivity contribution in [2.24, 2.45) is 5.92 Å². The van der Waals surface area contributed by atoms with E-state index in [1.54, 1.807) is 44.2 Å². The summed E-state index contributed by atoms with van der Waals surface area (Å²) < 4.78 is 15.7. The summed E-state index contributed by atoms with van der Waals surface area (Å²) in [6.07, 6.45) is 0.716. The highest BCUT2D eigenvalue weighted by molar-refractivity contribution is 5.94. The lowest BCUT2D eigenvalue weighted by atomic mass is 10.1. The number of hydrogen-bond acceptors (Lipinski definition) is 8. The molecule has 1 saturated heterocycles. The first-order valence-corrected chi connectivity index (χ1v) is 10.3. The molecule has 3 rings (SSSR count). The minimum Gasteiger partial charge on any atom is -0.474 e. The van der Waals surface area contributed by atoms with E-state index in [0.717, 1.165) is 0 Å². The number of anilines is 1. The van der Waals surface area contributed by atoms with E-state index < -0.39 is 5.97 Å². The normalized spacial score (nSPS) is 15.3. The number of hydrogen-bond donors (Lipinski definition) is 1. The molecule has 0 unspecified atom stereocenters. The number of carbonyl (C=O) groups is 2. The van der Waals surface area contributed by atoms with Crippen LogP contribution >= 0.6 is 0 Å². The van der Waals surface area contributed by atoms with Crippen LogP contribution in [0.25, 0.3) is 11.4 Å². The maximum atomic E-state index is 12.4.